The number of carbonyl (C=O) groups is 1. The van der Waals surface area contributed by atoms with E-state index >= 15 is 0 Å². The molecular formula is C16H22FNO3. The maximum Gasteiger partial charge on any atom is 0.337 e. The Bertz CT molecular complexity index is 514. The van der Waals surface area contributed by atoms with Gasteiger partial charge in [-0.2, -0.15) is 0 Å². The lowest BCUT2D eigenvalue weighted by Gasteiger charge is -2.40. The Morgan fingerprint density at radius 2 is 2.19 bits per heavy atom. The van der Waals surface area contributed by atoms with Crippen molar-refractivity contribution in [2.75, 3.05) is 11.9 Å². The summed E-state index contributed by atoms with van der Waals surface area (Å²) in [6.45, 7) is 4.86. The molecule has 1 atom stereocenters. The van der Waals surface area contributed by atoms with Gasteiger partial charge in [0.25, 0.3) is 0 Å². The Labute approximate surface area is 124 Å². The molecule has 0 spiro atoms. The highest BCUT2D eigenvalue weighted by Gasteiger charge is 2.34. The van der Waals surface area contributed by atoms with Crippen molar-refractivity contribution in [2.24, 2.45) is 0 Å². The SMILES string of the molecule is CCC1(CC)CC(Nc2ccc(F)cc2C(=O)O)CCO1. The second kappa shape index (κ2) is 6.43. The van der Waals surface area contributed by atoms with Gasteiger partial charge in [0.15, 0.2) is 0 Å². The second-order valence-corrected chi connectivity index (χ2v) is 5.57. The molecule has 4 nitrogen and oxygen atoms in total. The Kier molecular flexibility index (Phi) is 4.83. The zero-order chi connectivity index (χ0) is 15.5. The van der Waals surface area contributed by atoms with Crippen LogP contribution >= 0.6 is 0 Å². The highest BCUT2D eigenvalue weighted by atomic mass is 19.1. The summed E-state index contributed by atoms with van der Waals surface area (Å²) in [6.07, 6.45) is 3.50. The minimum atomic E-state index is -1.12. The second-order valence-electron chi connectivity index (χ2n) is 5.57. The first kappa shape index (κ1) is 15.8. The van der Waals surface area contributed by atoms with Crippen LogP contribution < -0.4 is 5.32 Å². The topological polar surface area (TPSA) is 58.6 Å². The summed E-state index contributed by atoms with van der Waals surface area (Å²) in [7, 11) is 0. The zero-order valence-electron chi connectivity index (χ0n) is 12.5. The number of carboxylic acid groups (broad SMARTS) is 1. The van der Waals surface area contributed by atoms with Gasteiger partial charge in [0, 0.05) is 18.3 Å². The highest BCUT2D eigenvalue weighted by molar-refractivity contribution is 5.94. The highest BCUT2D eigenvalue weighted by Crippen LogP contribution is 2.33. The van der Waals surface area contributed by atoms with Crippen molar-refractivity contribution < 1.29 is 19.0 Å². The molecule has 1 fully saturated rings. The van der Waals surface area contributed by atoms with E-state index in [0.29, 0.717) is 12.3 Å². The number of hydrogen-bond acceptors (Lipinski definition) is 3. The van der Waals surface area contributed by atoms with E-state index in [2.05, 4.69) is 19.2 Å². The van der Waals surface area contributed by atoms with E-state index in [1.165, 1.54) is 12.1 Å². The number of rotatable bonds is 5. The summed E-state index contributed by atoms with van der Waals surface area (Å²) in [4.78, 5) is 11.2. The van der Waals surface area contributed by atoms with Crippen molar-refractivity contribution in [1.82, 2.24) is 0 Å². The first-order chi connectivity index (χ1) is 9.99. The Balaban J connectivity index is 2.16. The Morgan fingerprint density at radius 1 is 1.48 bits per heavy atom. The minimum absolute atomic E-state index is 0.0277. The molecule has 1 aromatic carbocycles. The van der Waals surface area contributed by atoms with Crippen molar-refractivity contribution in [3.8, 4) is 0 Å². The van der Waals surface area contributed by atoms with E-state index in [9.17, 15) is 14.3 Å². The van der Waals surface area contributed by atoms with Gasteiger partial charge in [-0.1, -0.05) is 13.8 Å². The number of ether oxygens (including phenoxy) is 1. The fourth-order valence-corrected chi connectivity index (χ4v) is 2.93. The Morgan fingerprint density at radius 3 is 2.81 bits per heavy atom. The molecule has 0 aromatic heterocycles. The molecule has 2 rings (SSSR count). The van der Waals surface area contributed by atoms with Gasteiger partial charge in [-0.15, -0.1) is 0 Å². The number of hydrogen-bond donors (Lipinski definition) is 2. The lowest BCUT2D eigenvalue weighted by molar-refractivity contribution is -0.0864. The molecule has 1 aliphatic heterocycles. The predicted molar refractivity (Wildman–Crippen MR) is 79.3 cm³/mol. The largest absolute Gasteiger partial charge is 0.478 e. The van der Waals surface area contributed by atoms with Gasteiger partial charge in [-0.25, -0.2) is 9.18 Å². The quantitative estimate of drug-likeness (QED) is 0.870. The van der Waals surface area contributed by atoms with Crippen LogP contribution in [0.15, 0.2) is 18.2 Å². The van der Waals surface area contributed by atoms with Gasteiger partial charge in [-0.3, -0.25) is 0 Å². The van der Waals surface area contributed by atoms with E-state index in [1.807, 2.05) is 0 Å². The lowest BCUT2D eigenvalue weighted by Crippen LogP contribution is -2.43. The molecule has 1 unspecified atom stereocenters. The summed E-state index contributed by atoms with van der Waals surface area (Å²) in [5, 5.41) is 12.4. The molecule has 21 heavy (non-hydrogen) atoms. The van der Waals surface area contributed by atoms with Crippen molar-refractivity contribution >= 4 is 11.7 Å². The maximum atomic E-state index is 13.2. The van der Waals surface area contributed by atoms with Gasteiger partial charge in [0.1, 0.15) is 5.82 Å². The molecule has 116 valence electrons. The van der Waals surface area contributed by atoms with Crippen LogP contribution in [0.3, 0.4) is 0 Å². The van der Waals surface area contributed by atoms with E-state index in [-0.39, 0.29) is 17.2 Å². The van der Waals surface area contributed by atoms with Crippen molar-refractivity contribution in [2.45, 2.75) is 51.2 Å². The molecule has 0 bridgehead atoms. The average Bonchev–Trinajstić information content (AvgIpc) is 2.49. The normalized spacial score (nSPS) is 21.0. The number of anilines is 1. The van der Waals surface area contributed by atoms with Crippen LogP contribution in [0.5, 0.6) is 0 Å². The average molecular weight is 295 g/mol. The molecule has 1 heterocycles. The van der Waals surface area contributed by atoms with Gasteiger partial charge in [0.2, 0.25) is 0 Å². The van der Waals surface area contributed by atoms with Crippen LogP contribution in [-0.2, 0) is 4.74 Å². The summed E-state index contributed by atoms with van der Waals surface area (Å²) in [5.74, 6) is -1.66. The van der Waals surface area contributed by atoms with E-state index in [1.54, 1.807) is 0 Å². The third kappa shape index (κ3) is 3.53. The lowest BCUT2D eigenvalue weighted by atomic mass is 9.85. The number of benzene rings is 1. The molecule has 1 aliphatic rings. The molecule has 2 N–H and O–H groups in total. The van der Waals surface area contributed by atoms with Crippen LogP contribution in [0.2, 0.25) is 0 Å². The van der Waals surface area contributed by atoms with Crippen LogP contribution in [0, 0.1) is 5.82 Å². The maximum absolute atomic E-state index is 13.2. The zero-order valence-corrected chi connectivity index (χ0v) is 12.5. The summed E-state index contributed by atoms with van der Waals surface area (Å²) < 4.78 is 19.1. The fourth-order valence-electron chi connectivity index (χ4n) is 2.93. The molecule has 1 aromatic rings. The standard InChI is InChI=1S/C16H22FNO3/c1-3-16(4-2)10-12(7-8-21-16)18-14-6-5-11(17)9-13(14)15(19)20/h5-6,9,12,18H,3-4,7-8,10H2,1-2H3,(H,19,20). The van der Waals surface area contributed by atoms with Gasteiger partial charge in [-0.05, 0) is 43.9 Å². The van der Waals surface area contributed by atoms with Crippen molar-refractivity contribution in [1.29, 1.82) is 0 Å². The Hall–Kier alpha value is -1.62. The van der Waals surface area contributed by atoms with Gasteiger partial charge >= 0.3 is 5.97 Å². The van der Waals surface area contributed by atoms with Crippen molar-refractivity contribution in [3.05, 3.63) is 29.6 Å². The van der Waals surface area contributed by atoms with Gasteiger partial charge < -0.3 is 15.2 Å². The number of halogens is 1. The third-order valence-corrected chi connectivity index (χ3v) is 4.35. The van der Waals surface area contributed by atoms with Crippen LogP contribution in [0.1, 0.15) is 49.9 Å². The van der Waals surface area contributed by atoms with Crippen molar-refractivity contribution in [3.63, 3.8) is 0 Å². The fraction of sp³-hybridized carbons (Fsp3) is 0.562. The number of carboxylic acids is 1. The van der Waals surface area contributed by atoms with E-state index in [0.717, 1.165) is 31.7 Å². The molecule has 1 saturated heterocycles. The van der Waals surface area contributed by atoms with Crippen LogP contribution in [0.4, 0.5) is 10.1 Å². The molecule has 0 amide bonds. The number of aromatic carboxylic acids is 1. The first-order valence-electron chi connectivity index (χ1n) is 7.43. The smallest absolute Gasteiger partial charge is 0.337 e. The molecular weight excluding hydrogens is 273 g/mol. The monoisotopic (exact) mass is 295 g/mol. The minimum Gasteiger partial charge on any atom is -0.478 e. The number of nitrogens with one attached hydrogen (secondary N) is 1. The summed E-state index contributed by atoms with van der Waals surface area (Å²) in [5.41, 5.74) is 0.302. The summed E-state index contributed by atoms with van der Waals surface area (Å²) >= 11 is 0. The van der Waals surface area contributed by atoms with Gasteiger partial charge in [0.05, 0.1) is 11.2 Å². The summed E-state index contributed by atoms with van der Waals surface area (Å²) in [6, 6.07) is 3.97. The predicted octanol–water partition coefficient (Wildman–Crippen LogP) is 3.67. The molecule has 0 radical (unpaired) electrons. The van der Waals surface area contributed by atoms with Crippen LogP contribution in [0.25, 0.3) is 0 Å². The molecule has 0 saturated carbocycles. The van der Waals surface area contributed by atoms with E-state index < -0.39 is 11.8 Å². The third-order valence-electron chi connectivity index (χ3n) is 4.35. The molecule has 5 heteroatoms. The van der Waals surface area contributed by atoms with Crippen LogP contribution in [-0.4, -0.2) is 29.3 Å². The van der Waals surface area contributed by atoms with E-state index in [4.69, 9.17) is 4.74 Å². The first-order valence-corrected chi connectivity index (χ1v) is 7.43. The molecule has 0 aliphatic carbocycles.